The van der Waals surface area contributed by atoms with E-state index in [4.69, 9.17) is 19.4 Å². The Hall–Kier alpha value is -6.85. The Bertz CT molecular complexity index is 3070. The van der Waals surface area contributed by atoms with Crippen LogP contribution in [0.1, 0.15) is 25.0 Å². The number of benzene rings is 7. The lowest BCUT2D eigenvalue weighted by Gasteiger charge is -2.21. The quantitative estimate of drug-likeness (QED) is 0.186. The highest BCUT2D eigenvalue weighted by Crippen LogP contribution is 2.51. The third kappa shape index (κ3) is 4.40. The fourth-order valence-electron chi connectivity index (χ4n) is 8.49. The van der Waals surface area contributed by atoms with Gasteiger partial charge in [0.25, 0.3) is 0 Å². The first-order valence-electron chi connectivity index (χ1n) is 18.0. The molecule has 0 fully saturated rings. The number of furan rings is 1. The van der Waals surface area contributed by atoms with Gasteiger partial charge in [-0.3, -0.25) is 4.57 Å². The van der Waals surface area contributed by atoms with Crippen molar-refractivity contribution in [3.05, 3.63) is 169 Å². The van der Waals surface area contributed by atoms with Crippen molar-refractivity contribution < 1.29 is 4.42 Å². The zero-order valence-electron chi connectivity index (χ0n) is 29.2. The Morgan fingerprint density at radius 1 is 0.453 bits per heavy atom. The van der Waals surface area contributed by atoms with Gasteiger partial charge in [0, 0.05) is 38.1 Å². The summed E-state index contributed by atoms with van der Waals surface area (Å²) in [5.41, 5.74) is 13.1. The molecular formula is C48H32N4O. The highest BCUT2D eigenvalue weighted by Gasteiger charge is 2.36. The fourth-order valence-corrected chi connectivity index (χ4v) is 8.49. The van der Waals surface area contributed by atoms with Crippen LogP contribution in [0.2, 0.25) is 0 Å². The summed E-state index contributed by atoms with van der Waals surface area (Å²) in [5.74, 6) is 1.80. The standard InChI is InChI=1S/C48H32N4O/c1-48(2)37-19-11-9-17-33(37)35-27-36-42(28-38(35)48)53-41-26-25-40-43(44(36)41)34-18-10-12-20-39(34)52(40)47-50-45(31-15-7-4-8-16-31)49-46(51-47)32-23-21-30(22-24-32)29-13-5-3-6-14-29/h3-28H,1-2H3. The van der Waals surface area contributed by atoms with Gasteiger partial charge in [-0.05, 0) is 63.7 Å². The highest BCUT2D eigenvalue weighted by atomic mass is 16.3. The van der Waals surface area contributed by atoms with Crippen LogP contribution in [-0.4, -0.2) is 19.5 Å². The number of hydrogen-bond donors (Lipinski definition) is 0. The molecule has 3 heterocycles. The molecule has 0 unspecified atom stereocenters. The number of hydrogen-bond acceptors (Lipinski definition) is 4. The van der Waals surface area contributed by atoms with Gasteiger partial charge < -0.3 is 4.42 Å². The highest BCUT2D eigenvalue weighted by molar-refractivity contribution is 6.27. The second kappa shape index (κ2) is 11.1. The number of nitrogens with zero attached hydrogens (tertiary/aromatic N) is 4. The van der Waals surface area contributed by atoms with Gasteiger partial charge in [-0.1, -0.05) is 141 Å². The first-order valence-corrected chi connectivity index (χ1v) is 18.0. The van der Waals surface area contributed by atoms with Gasteiger partial charge in [-0.15, -0.1) is 0 Å². The van der Waals surface area contributed by atoms with E-state index in [0.717, 1.165) is 60.4 Å². The lowest BCUT2D eigenvalue weighted by molar-refractivity contribution is 0.647. The summed E-state index contributed by atoms with van der Waals surface area (Å²) in [6.45, 7) is 4.62. The fraction of sp³-hybridized carbons (Fsp3) is 0.0625. The van der Waals surface area contributed by atoms with Crippen LogP contribution in [0.15, 0.2) is 162 Å². The maximum absolute atomic E-state index is 6.69. The lowest BCUT2D eigenvalue weighted by atomic mass is 9.82. The second-order valence-electron chi connectivity index (χ2n) is 14.4. The van der Waals surface area contributed by atoms with Gasteiger partial charge >= 0.3 is 0 Å². The summed E-state index contributed by atoms with van der Waals surface area (Å²) in [6.07, 6.45) is 0. The minimum atomic E-state index is -0.112. The molecule has 11 rings (SSSR count). The van der Waals surface area contributed by atoms with E-state index in [2.05, 4.69) is 140 Å². The van der Waals surface area contributed by atoms with Gasteiger partial charge in [0.05, 0.1) is 11.0 Å². The minimum Gasteiger partial charge on any atom is -0.456 e. The smallest absolute Gasteiger partial charge is 0.238 e. The first-order chi connectivity index (χ1) is 26.0. The van der Waals surface area contributed by atoms with Crippen LogP contribution in [0.5, 0.6) is 0 Å². The lowest BCUT2D eigenvalue weighted by Crippen LogP contribution is -2.14. The monoisotopic (exact) mass is 680 g/mol. The molecule has 0 bridgehead atoms. The minimum absolute atomic E-state index is 0.112. The van der Waals surface area contributed by atoms with E-state index in [1.165, 1.54) is 27.8 Å². The van der Waals surface area contributed by atoms with Crippen molar-refractivity contribution in [3.63, 3.8) is 0 Å². The van der Waals surface area contributed by atoms with Gasteiger partial charge in [0.15, 0.2) is 11.6 Å². The maximum Gasteiger partial charge on any atom is 0.238 e. The van der Waals surface area contributed by atoms with E-state index in [1.54, 1.807) is 0 Å². The first kappa shape index (κ1) is 29.8. The Morgan fingerprint density at radius 2 is 1.08 bits per heavy atom. The Morgan fingerprint density at radius 3 is 1.85 bits per heavy atom. The molecule has 0 atom stereocenters. The number of fused-ring (bicyclic) bond motifs is 10. The van der Waals surface area contributed by atoms with E-state index in [-0.39, 0.29) is 5.41 Å². The summed E-state index contributed by atoms with van der Waals surface area (Å²) in [6, 6.07) is 55.2. The van der Waals surface area contributed by atoms with Crippen molar-refractivity contribution in [2.75, 3.05) is 0 Å². The van der Waals surface area contributed by atoms with Crippen molar-refractivity contribution in [1.29, 1.82) is 0 Å². The largest absolute Gasteiger partial charge is 0.456 e. The zero-order chi connectivity index (χ0) is 35.3. The summed E-state index contributed by atoms with van der Waals surface area (Å²) in [5, 5.41) is 4.45. The predicted octanol–water partition coefficient (Wildman–Crippen LogP) is 12.2. The average molecular weight is 681 g/mol. The summed E-state index contributed by atoms with van der Waals surface area (Å²) in [4.78, 5) is 15.4. The molecule has 1 aliphatic carbocycles. The summed E-state index contributed by atoms with van der Waals surface area (Å²) in [7, 11) is 0. The second-order valence-corrected chi connectivity index (χ2v) is 14.4. The Balaban J connectivity index is 1.17. The summed E-state index contributed by atoms with van der Waals surface area (Å²) < 4.78 is 8.87. The number of para-hydroxylation sites is 1. The SMILES string of the molecule is CC1(C)c2ccccc2-c2cc3c(cc21)oc1ccc2c(c4ccccc4n2-c2nc(-c4ccccc4)nc(-c4ccc(-c5ccccc5)cc4)n2)c13. The van der Waals surface area contributed by atoms with Gasteiger partial charge in [-0.2, -0.15) is 9.97 Å². The van der Waals surface area contributed by atoms with Gasteiger partial charge in [0.1, 0.15) is 11.2 Å². The molecule has 0 saturated carbocycles. The number of aromatic nitrogens is 4. The van der Waals surface area contributed by atoms with Crippen LogP contribution >= 0.6 is 0 Å². The molecule has 0 N–H and O–H groups in total. The van der Waals surface area contributed by atoms with Crippen molar-refractivity contribution in [2.24, 2.45) is 0 Å². The van der Waals surface area contributed by atoms with E-state index in [0.29, 0.717) is 17.6 Å². The molecule has 3 aromatic heterocycles. The predicted molar refractivity (Wildman–Crippen MR) is 215 cm³/mol. The average Bonchev–Trinajstić information content (AvgIpc) is 3.83. The molecule has 10 aromatic rings. The third-order valence-corrected chi connectivity index (χ3v) is 11.1. The molecule has 0 saturated heterocycles. The van der Waals surface area contributed by atoms with E-state index >= 15 is 0 Å². The van der Waals surface area contributed by atoms with E-state index < -0.39 is 0 Å². The molecule has 1 aliphatic rings. The summed E-state index contributed by atoms with van der Waals surface area (Å²) >= 11 is 0. The zero-order valence-corrected chi connectivity index (χ0v) is 29.2. The Labute approximate surface area is 305 Å². The van der Waals surface area contributed by atoms with E-state index in [1.807, 2.05) is 36.4 Å². The number of rotatable bonds is 4. The molecule has 0 amide bonds. The molecule has 250 valence electrons. The van der Waals surface area contributed by atoms with Gasteiger partial charge in [0.2, 0.25) is 5.95 Å². The molecule has 53 heavy (non-hydrogen) atoms. The Kier molecular flexibility index (Phi) is 6.23. The molecule has 0 spiro atoms. The van der Waals surface area contributed by atoms with Crippen LogP contribution in [-0.2, 0) is 5.41 Å². The molecule has 0 radical (unpaired) electrons. The van der Waals surface area contributed by atoms with Crippen LogP contribution in [0.4, 0.5) is 0 Å². The normalized spacial score (nSPS) is 13.2. The van der Waals surface area contributed by atoms with Crippen molar-refractivity contribution in [1.82, 2.24) is 19.5 Å². The van der Waals surface area contributed by atoms with Crippen molar-refractivity contribution in [2.45, 2.75) is 19.3 Å². The molecule has 5 heteroatoms. The van der Waals surface area contributed by atoms with E-state index in [9.17, 15) is 0 Å². The third-order valence-electron chi connectivity index (χ3n) is 11.1. The molecule has 0 aliphatic heterocycles. The molecule has 7 aromatic carbocycles. The maximum atomic E-state index is 6.69. The van der Waals surface area contributed by atoms with Crippen LogP contribution in [0.3, 0.4) is 0 Å². The van der Waals surface area contributed by atoms with Crippen molar-refractivity contribution in [3.8, 4) is 51.0 Å². The van der Waals surface area contributed by atoms with Gasteiger partial charge in [-0.25, -0.2) is 4.98 Å². The van der Waals surface area contributed by atoms with Crippen molar-refractivity contribution >= 4 is 43.7 Å². The molecular weight excluding hydrogens is 649 g/mol. The molecule has 5 nitrogen and oxygen atoms in total. The van der Waals surface area contributed by atoms with Crippen LogP contribution < -0.4 is 0 Å². The van der Waals surface area contributed by atoms with Crippen LogP contribution in [0.25, 0.3) is 94.7 Å². The van der Waals surface area contributed by atoms with Crippen LogP contribution in [0, 0.1) is 0 Å². The topological polar surface area (TPSA) is 56.7 Å².